The first kappa shape index (κ1) is 25.5. The molecule has 0 amide bonds. The van der Waals surface area contributed by atoms with E-state index in [0.717, 1.165) is 6.42 Å². The first-order valence-corrected chi connectivity index (χ1v) is 8.58. The van der Waals surface area contributed by atoms with Crippen molar-refractivity contribution in [1.29, 1.82) is 0 Å². The largest absolute Gasteiger partial charge is 4.00 e. The molecule has 0 saturated carbocycles. The predicted octanol–water partition coefficient (Wildman–Crippen LogP) is -5.38. The third-order valence-electron chi connectivity index (χ3n) is 3.74. The van der Waals surface area contributed by atoms with Crippen molar-refractivity contribution in [3.8, 4) is 0 Å². The van der Waals surface area contributed by atoms with E-state index in [4.69, 9.17) is 0 Å². The van der Waals surface area contributed by atoms with Gasteiger partial charge in [0.15, 0.2) is 0 Å². The fourth-order valence-corrected chi connectivity index (χ4v) is 6.78. The first-order chi connectivity index (χ1) is 7.83. The molecule has 0 heterocycles. The van der Waals surface area contributed by atoms with Gasteiger partial charge in [0.2, 0.25) is 0 Å². The van der Waals surface area contributed by atoms with E-state index < -0.39 is 8.07 Å². The van der Waals surface area contributed by atoms with Crippen LogP contribution in [-0.4, -0.2) is 8.07 Å². The molecule has 1 aromatic carbocycles. The molecule has 1 aliphatic carbocycles. The molecule has 0 saturated heterocycles. The Hall–Kier alpha value is 0.501. The molecular formula is C15H19Cl3SiTi. The molecule has 2 rings (SSSR count). The van der Waals surface area contributed by atoms with E-state index in [1.54, 1.807) is 5.19 Å². The van der Waals surface area contributed by atoms with Gasteiger partial charge in [-0.3, -0.25) is 6.08 Å². The van der Waals surface area contributed by atoms with Crippen molar-refractivity contribution in [2.45, 2.75) is 32.4 Å². The average molecular weight is 382 g/mol. The molecule has 0 nitrogen and oxygen atoms in total. The summed E-state index contributed by atoms with van der Waals surface area (Å²) >= 11 is 0. The monoisotopic (exact) mass is 380 g/mol. The maximum atomic E-state index is 3.57. The standard InChI is InChI=1S/C15H19Si.3ClH.Ti/c1-3-16(4-2,15-12-8-9-13-15)14-10-6-5-7-11-14;;;;/h5-8,10-12H,3-4,9H2,1-2H3;3*1H;/q-1;;;;+4/p-3. The van der Waals surface area contributed by atoms with Crippen LogP contribution in [0.1, 0.15) is 20.3 Å². The predicted molar refractivity (Wildman–Crippen MR) is 73.3 cm³/mol. The Kier molecular flexibility index (Phi) is 15.4. The van der Waals surface area contributed by atoms with Crippen LogP contribution in [0.5, 0.6) is 0 Å². The van der Waals surface area contributed by atoms with Crippen molar-refractivity contribution in [2.24, 2.45) is 0 Å². The van der Waals surface area contributed by atoms with Gasteiger partial charge in [-0.25, -0.2) is 11.3 Å². The molecule has 0 aliphatic heterocycles. The third-order valence-corrected chi connectivity index (χ3v) is 8.97. The summed E-state index contributed by atoms with van der Waals surface area (Å²) in [5, 5.41) is 3.08. The van der Waals surface area contributed by atoms with Crippen molar-refractivity contribution in [2.75, 3.05) is 0 Å². The minimum Gasteiger partial charge on any atom is -1.00 e. The van der Waals surface area contributed by atoms with E-state index >= 15 is 0 Å². The van der Waals surface area contributed by atoms with E-state index in [-0.39, 0.29) is 58.9 Å². The second-order valence-electron chi connectivity index (χ2n) is 4.35. The Morgan fingerprint density at radius 2 is 1.55 bits per heavy atom. The molecule has 0 fully saturated rings. The van der Waals surface area contributed by atoms with Crippen LogP contribution in [0, 0.1) is 6.08 Å². The summed E-state index contributed by atoms with van der Waals surface area (Å²) in [6, 6.07) is 13.6. The van der Waals surface area contributed by atoms with Crippen molar-refractivity contribution in [1.82, 2.24) is 0 Å². The van der Waals surface area contributed by atoms with Crippen LogP contribution >= 0.6 is 0 Å². The van der Waals surface area contributed by atoms with Gasteiger partial charge in [0, 0.05) is 0 Å². The number of rotatable bonds is 4. The van der Waals surface area contributed by atoms with E-state index in [0.29, 0.717) is 0 Å². The van der Waals surface area contributed by atoms with Crippen LogP contribution in [0.2, 0.25) is 12.1 Å². The maximum absolute atomic E-state index is 3.57. The van der Waals surface area contributed by atoms with Crippen molar-refractivity contribution in [3.05, 3.63) is 53.8 Å². The smallest absolute Gasteiger partial charge is 1.00 e. The van der Waals surface area contributed by atoms with Gasteiger partial charge in [-0.15, -0.1) is 6.42 Å². The summed E-state index contributed by atoms with van der Waals surface area (Å²) in [5.74, 6) is 0. The summed E-state index contributed by atoms with van der Waals surface area (Å²) in [5.41, 5.74) is 0. The SMILES string of the molecule is CC[Si](CC)(C1=[C-]CC=C1)c1ccccc1.[Cl-].[Cl-].[Cl-].[Ti+4]. The molecule has 5 heteroatoms. The van der Waals surface area contributed by atoms with Crippen LogP contribution in [0.15, 0.2) is 47.7 Å². The summed E-state index contributed by atoms with van der Waals surface area (Å²) in [6.45, 7) is 4.67. The zero-order valence-corrected chi connectivity index (χ0v) is 16.6. The van der Waals surface area contributed by atoms with Crippen LogP contribution in [0.3, 0.4) is 0 Å². The van der Waals surface area contributed by atoms with E-state index in [2.05, 4.69) is 62.4 Å². The second kappa shape index (κ2) is 12.1. The van der Waals surface area contributed by atoms with E-state index in [9.17, 15) is 0 Å². The fourth-order valence-electron chi connectivity index (χ4n) is 2.69. The number of hydrogen-bond donors (Lipinski definition) is 0. The minimum absolute atomic E-state index is 0. The van der Waals surface area contributed by atoms with Crippen LogP contribution in [0.25, 0.3) is 0 Å². The van der Waals surface area contributed by atoms with E-state index in [1.807, 2.05) is 0 Å². The number of halogens is 3. The maximum Gasteiger partial charge on any atom is 4.00 e. The summed E-state index contributed by atoms with van der Waals surface area (Å²) < 4.78 is 0. The van der Waals surface area contributed by atoms with Crippen LogP contribution in [0.4, 0.5) is 0 Å². The van der Waals surface area contributed by atoms with Gasteiger partial charge >= 0.3 is 21.7 Å². The zero-order valence-electron chi connectivity index (χ0n) is 11.8. The Balaban J connectivity index is -0.000000722. The Bertz CT molecular complexity index is 414. The van der Waals surface area contributed by atoms with Crippen molar-refractivity contribution in [3.63, 3.8) is 0 Å². The molecule has 0 atom stereocenters. The molecule has 0 aromatic heterocycles. The topological polar surface area (TPSA) is 0 Å². The molecule has 108 valence electrons. The number of hydrogen-bond acceptors (Lipinski definition) is 0. The van der Waals surface area contributed by atoms with Gasteiger partial charge in [-0.05, 0) is 0 Å². The minimum atomic E-state index is -1.47. The zero-order chi connectivity index (χ0) is 11.4. The Morgan fingerprint density at radius 1 is 1.00 bits per heavy atom. The summed E-state index contributed by atoms with van der Waals surface area (Å²) in [4.78, 5) is 0. The summed E-state index contributed by atoms with van der Waals surface area (Å²) in [7, 11) is -1.47. The molecular weight excluding hydrogens is 362 g/mol. The molecule has 1 aromatic rings. The molecule has 0 unspecified atom stereocenters. The number of allylic oxidation sites excluding steroid dienone is 4. The van der Waals surface area contributed by atoms with Gasteiger partial charge in [-0.1, -0.05) is 61.5 Å². The Morgan fingerprint density at radius 3 is 1.95 bits per heavy atom. The first-order valence-electron chi connectivity index (χ1n) is 6.17. The molecule has 20 heavy (non-hydrogen) atoms. The van der Waals surface area contributed by atoms with Gasteiger partial charge in [0.25, 0.3) is 0 Å². The quantitative estimate of drug-likeness (QED) is 0.361. The van der Waals surface area contributed by atoms with Gasteiger partial charge in [0.1, 0.15) is 0 Å². The Labute approximate surface area is 157 Å². The third kappa shape index (κ3) is 5.05. The molecule has 0 N–H and O–H groups in total. The second-order valence-corrected chi connectivity index (χ2v) is 9.05. The van der Waals surface area contributed by atoms with Crippen molar-refractivity contribution < 1.29 is 58.9 Å². The fraction of sp³-hybridized carbons (Fsp3) is 0.333. The summed E-state index contributed by atoms with van der Waals surface area (Å²) in [6.07, 6.45) is 9.13. The van der Waals surface area contributed by atoms with Crippen LogP contribution in [-0.2, 0) is 21.7 Å². The van der Waals surface area contributed by atoms with E-state index in [1.165, 1.54) is 17.3 Å². The molecule has 0 radical (unpaired) electrons. The van der Waals surface area contributed by atoms with Gasteiger partial charge in [0.05, 0.1) is 8.07 Å². The average Bonchev–Trinajstić information content (AvgIpc) is 2.87. The van der Waals surface area contributed by atoms with Crippen molar-refractivity contribution >= 4 is 13.3 Å². The normalized spacial score (nSPS) is 12.2. The molecule has 1 aliphatic rings. The van der Waals surface area contributed by atoms with Crippen LogP contribution < -0.4 is 42.4 Å². The van der Waals surface area contributed by atoms with Gasteiger partial charge < -0.3 is 37.2 Å². The van der Waals surface area contributed by atoms with Gasteiger partial charge in [-0.2, -0.15) is 6.08 Å². The molecule has 0 spiro atoms. The molecule has 0 bridgehead atoms. The number of benzene rings is 1.